The lowest BCUT2D eigenvalue weighted by Gasteiger charge is -2.17. The lowest BCUT2D eigenvalue weighted by atomic mass is 10.0. The van der Waals surface area contributed by atoms with Crippen molar-refractivity contribution in [3.05, 3.63) is 33.7 Å². The number of rotatable bonds is 2. The first-order valence-electron chi connectivity index (χ1n) is 5.96. The summed E-state index contributed by atoms with van der Waals surface area (Å²) in [7, 11) is 0. The molecule has 102 valence electrons. The minimum absolute atomic E-state index is 0.00292. The minimum atomic E-state index is -2.84. The molecule has 0 radical (unpaired) electrons. The monoisotopic (exact) mass is 268 g/mol. The zero-order chi connectivity index (χ0) is 14.2. The molecule has 0 bridgehead atoms. The summed E-state index contributed by atoms with van der Waals surface area (Å²) in [5.41, 5.74) is 1.75. The van der Waals surface area contributed by atoms with Crippen LogP contribution in [-0.2, 0) is 0 Å². The molecule has 0 aliphatic carbocycles. The van der Waals surface area contributed by atoms with Gasteiger partial charge in [-0.1, -0.05) is 0 Å². The van der Waals surface area contributed by atoms with E-state index < -0.39 is 18.4 Å². The molecule has 0 aromatic heterocycles. The Morgan fingerprint density at radius 2 is 1.95 bits per heavy atom. The summed E-state index contributed by atoms with van der Waals surface area (Å²) in [4.78, 5) is 24.0. The lowest BCUT2D eigenvalue weighted by Crippen LogP contribution is -2.31. The largest absolute Gasteiger partial charge is 0.332 e. The Morgan fingerprint density at radius 3 is 2.47 bits per heavy atom. The predicted octanol–water partition coefficient (Wildman–Crippen LogP) is 3.18. The van der Waals surface area contributed by atoms with Crippen LogP contribution in [-0.4, -0.2) is 29.8 Å². The number of nitroso groups, excluding NO2 is 1. The number of nitrogens with zero attached hydrogens (tertiary/aromatic N) is 2. The predicted molar refractivity (Wildman–Crippen MR) is 66.8 cm³/mol. The molecule has 0 N–H and O–H groups in total. The Labute approximate surface area is 109 Å². The highest BCUT2D eigenvalue weighted by Gasteiger charge is 2.40. The number of alkyl halides is 2. The number of halogens is 2. The topological polar surface area (TPSA) is 49.7 Å². The summed E-state index contributed by atoms with van der Waals surface area (Å²) >= 11 is 0. The van der Waals surface area contributed by atoms with E-state index in [1.165, 1.54) is 12.1 Å². The smallest absolute Gasteiger partial charge is 0.267 e. The molecule has 4 nitrogen and oxygen atoms in total. The Bertz CT molecular complexity index is 544. The van der Waals surface area contributed by atoms with E-state index in [-0.39, 0.29) is 24.2 Å². The first-order valence-corrected chi connectivity index (χ1v) is 5.96. The van der Waals surface area contributed by atoms with E-state index in [4.69, 9.17) is 0 Å². The zero-order valence-electron chi connectivity index (χ0n) is 10.7. The van der Waals surface area contributed by atoms with Gasteiger partial charge in [0.15, 0.2) is 0 Å². The van der Waals surface area contributed by atoms with Gasteiger partial charge in [0.25, 0.3) is 11.8 Å². The number of hydrogen-bond acceptors (Lipinski definition) is 3. The van der Waals surface area contributed by atoms with E-state index in [1.807, 2.05) is 0 Å². The molecule has 19 heavy (non-hydrogen) atoms. The van der Waals surface area contributed by atoms with Crippen molar-refractivity contribution in [1.82, 2.24) is 4.90 Å². The average molecular weight is 268 g/mol. The number of amides is 1. The summed E-state index contributed by atoms with van der Waals surface area (Å²) in [5.74, 6) is -3.40. The highest BCUT2D eigenvalue weighted by atomic mass is 19.3. The summed E-state index contributed by atoms with van der Waals surface area (Å²) in [6, 6.07) is 3.04. The molecule has 1 aliphatic heterocycles. The van der Waals surface area contributed by atoms with E-state index in [9.17, 15) is 18.5 Å². The van der Waals surface area contributed by atoms with Crippen LogP contribution >= 0.6 is 0 Å². The molecule has 6 heteroatoms. The highest BCUT2D eigenvalue weighted by Crippen LogP contribution is 2.30. The van der Waals surface area contributed by atoms with Crippen LogP contribution in [0.15, 0.2) is 17.3 Å². The third-order valence-electron chi connectivity index (χ3n) is 3.40. The molecule has 1 amide bonds. The summed E-state index contributed by atoms with van der Waals surface area (Å²) in [6.07, 6.45) is -0.340. The molecule has 0 unspecified atom stereocenters. The van der Waals surface area contributed by atoms with Gasteiger partial charge < -0.3 is 4.90 Å². The van der Waals surface area contributed by atoms with E-state index in [1.54, 1.807) is 13.8 Å². The zero-order valence-corrected chi connectivity index (χ0v) is 10.7. The van der Waals surface area contributed by atoms with Gasteiger partial charge in [-0.3, -0.25) is 4.79 Å². The average Bonchev–Trinajstić information content (AvgIpc) is 2.71. The van der Waals surface area contributed by atoms with Crippen molar-refractivity contribution in [3.8, 4) is 0 Å². The quantitative estimate of drug-likeness (QED) is 0.773. The van der Waals surface area contributed by atoms with Crippen molar-refractivity contribution in [3.63, 3.8) is 0 Å². The number of carbonyl (C=O) groups is 1. The summed E-state index contributed by atoms with van der Waals surface area (Å²) < 4.78 is 26.2. The van der Waals surface area contributed by atoms with Crippen LogP contribution < -0.4 is 0 Å². The maximum absolute atomic E-state index is 13.1. The number of hydrogen-bond donors (Lipinski definition) is 0. The third-order valence-corrected chi connectivity index (χ3v) is 3.40. The second-order valence-electron chi connectivity index (χ2n) is 4.88. The van der Waals surface area contributed by atoms with Crippen LogP contribution in [0.3, 0.4) is 0 Å². The molecular formula is C13H14F2N2O2. The fourth-order valence-electron chi connectivity index (χ4n) is 2.13. The summed E-state index contributed by atoms with van der Waals surface area (Å²) in [6.45, 7) is 2.98. The van der Waals surface area contributed by atoms with Gasteiger partial charge in [-0.15, -0.1) is 4.91 Å². The van der Waals surface area contributed by atoms with Crippen LogP contribution in [0.2, 0.25) is 0 Å². The Morgan fingerprint density at radius 1 is 1.32 bits per heavy atom. The molecule has 0 spiro atoms. The molecule has 1 saturated heterocycles. The fraction of sp³-hybridized carbons (Fsp3) is 0.462. The molecular weight excluding hydrogens is 254 g/mol. The van der Waals surface area contributed by atoms with Gasteiger partial charge in [0.05, 0.1) is 12.1 Å². The van der Waals surface area contributed by atoms with Gasteiger partial charge in [0.1, 0.15) is 5.69 Å². The maximum Gasteiger partial charge on any atom is 0.267 e. The Balaban J connectivity index is 2.34. The molecule has 2 rings (SSSR count). The number of benzene rings is 1. The van der Waals surface area contributed by atoms with Crippen LogP contribution in [0.5, 0.6) is 0 Å². The normalized spacial score (nSPS) is 17.6. The fourth-order valence-corrected chi connectivity index (χ4v) is 2.13. The lowest BCUT2D eigenvalue weighted by molar-refractivity contribution is 0.0120. The van der Waals surface area contributed by atoms with Crippen LogP contribution in [0.1, 0.15) is 27.9 Å². The van der Waals surface area contributed by atoms with Crippen LogP contribution in [0.25, 0.3) is 0 Å². The van der Waals surface area contributed by atoms with Gasteiger partial charge >= 0.3 is 0 Å². The number of likely N-dealkylation sites (tertiary alicyclic amines) is 1. The molecule has 1 aliphatic rings. The van der Waals surface area contributed by atoms with Crippen molar-refractivity contribution in [2.75, 3.05) is 13.1 Å². The van der Waals surface area contributed by atoms with Crippen molar-refractivity contribution >= 4 is 11.6 Å². The van der Waals surface area contributed by atoms with Crippen molar-refractivity contribution in [2.24, 2.45) is 5.18 Å². The minimum Gasteiger partial charge on any atom is -0.332 e. The second-order valence-corrected chi connectivity index (χ2v) is 4.88. The Kier molecular flexibility index (Phi) is 3.34. The molecule has 1 aromatic rings. The van der Waals surface area contributed by atoms with Crippen molar-refractivity contribution in [2.45, 2.75) is 26.2 Å². The second kappa shape index (κ2) is 4.68. The van der Waals surface area contributed by atoms with E-state index >= 15 is 0 Å². The molecule has 1 heterocycles. The molecule has 0 saturated carbocycles. The van der Waals surface area contributed by atoms with Crippen LogP contribution in [0, 0.1) is 18.8 Å². The van der Waals surface area contributed by atoms with Gasteiger partial charge in [-0.25, -0.2) is 8.78 Å². The SMILES string of the molecule is Cc1cc(N=O)c(C(=O)N2CCC(F)(F)C2)cc1C. The van der Waals surface area contributed by atoms with E-state index in [2.05, 4.69) is 5.18 Å². The Hall–Kier alpha value is -1.85. The molecule has 1 fully saturated rings. The van der Waals surface area contributed by atoms with Crippen molar-refractivity contribution < 1.29 is 13.6 Å². The van der Waals surface area contributed by atoms with Crippen LogP contribution in [0.4, 0.5) is 14.5 Å². The standard InChI is InChI=1S/C13H14F2N2O2/c1-8-5-10(11(16-19)6-9(8)2)12(18)17-4-3-13(14,15)7-17/h5-6H,3-4,7H2,1-2H3. The first kappa shape index (κ1) is 13.6. The highest BCUT2D eigenvalue weighted by molar-refractivity contribution is 5.99. The number of carbonyl (C=O) groups excluding carboxylic acids is 1. The van der Waals surface area contributed by atoms with E-state index in [0.29, 0.717) is 0 Å². The van der Waals surface area contributed by atoms with Crippen molar-refractivity contribution in [1.29, 1.82) is 0 Å². The molecule has 0 atom stereocenters. The van der Waals surface area contributed by atoms with E-state index in [0.717, 1.165) is 16.0 Å². The first-order chi connectivity index (χ1) is 8.84. The summed E-state index contributed by atoms with van der Waals surface area (Å²) in [5, 5.41) is 2.82. The van der Waals surface area contributed by atoms with Gasteiger partial charge in [0.2, 0.25) is 0 Å². The maximum atomic E-state index is 13.1. The van der Waals surface area contributed by atoms with Gasteiger partial charge in [0, 0.05) is 13.0 Å². The van der Waals surface area contributed by atoms with Gasteiger partial charge in [-0.2, -0.15) is 0 Å². The van der Waals surface area contributed by atoms with Gasteiger partial charge in [-0.05, 0) is 42.3 Å². The number of aryl methyl sites for hydroxylation is 2. The third kappa shape index (κ3) is 2.62. The molecule has 1 aromatic carbocycles.